The van der Waals surface area contributed by atoms with Gasteiger partial charge in [0.25, 0.3) is 0 Å². The Balaban J connectivity index is 2.10. The Hall–Kier alpha value is -1.57. The lowest BCUT2D eigenvalue weighted by atomic mass is 9.86. The van der Waals surface area contributed by atoms with Crippen molar-refractivity contribution in [1.29, 1.82) is 0 Å². The third-order valence-corrected chi connectivity index (χ3v) is 5.16. The number of aromatic nitrogens is 2. The first kappa shape index (κ1) is 16.3. The number of hydrogen-bond acceptors (Lipinski definition) is 5. The van der Waals surface area contributed by atoms with Crippen LogP contribution in [-0.4, -0.2) is 20.7 Å². The number of thioether (sulfide) groups is 1. The van der Waals surface area contributed by atoms with E-state index in [-0.39, 0.29) is 5.56 Å². The number of nitrogens with zero attached hydrogens (tertiary/aromatic N) is 2. The highest BCUT2D eigenvalue weighted by molar-refractivity contribution is 8.00. The molecule has 1 fully saturated rings. The first-order valence-electron chi connectivity index (χ1n) is 7.28. The normalized spacial score (nSPS) is 27.9. The Morgan fingerprint density at radius 2 is 1.87 bits per heavy atom. The molecule has 0 radical (unpaired) electrons. The molecule has 1 aromatic carbocycles. The standard InChI is InChI=1S/C16H18F2N4S/c1-15(3-4-23-16(2,19)22-15)12-5-11(13(17)6-14(12)18)10-7-20-9-21-8-10/h5-9,22H,3-4,19H2,1-2H3. The summed E-state index contributed by atoms with van der Waals surface area (Å²) in [5.74, 6) is -0.428. The van der Waals surface area contributed by atoms with Gasteiger partial charge in [-0.3, -0.25) is 5.32 Å². The van der Waals surface area contributed by atoms with Crippen LogP contribution in [0, 0.1) is 11.6 Å². The Labute approximate surface area is 137 Å². The molecule has 0 spiro atoms. The molecule has 7 heteroatoms. The van der Waals surface area contributed by atoms with Crippen molar-refractivity contribution in [2.75, 3.05) is 5.75 Å². The van der Waals surface area contributed by atoms with Crippen molar-refractivity contribution in [3.8, 4) is 11.1 Å². The molecule has 3 rings (SSSR count). The minimum atomic E-state index is -0.670. The predicted octanol–water partition coefficient (Wildman–Crippen LogP) is 3.00. The minimum Gasteiger partial charge on any atom is -0.305 e. The Morgan fingerprint density at radius 1 is 1.17 bits per heavy atom. The molecule has 0 amide bonds. The molecule has 1 aliphatic rings. The van der Waals surface area contributed by atoms with Crippen LogP contribution in [0.3, 0.4) is 0 Å². The molecule has 23 heavy (non-hydrogen) atoms. The molecule has 0 saturated carbocycles. The van der Waals surface area contributed by atoms with Crippen LogP contribution < -0.4 is 11.1 Å². The van der Waals surface area contributed by atoms with E-state index in [0.717, 1.165) is 11.8 Å². The molecule has 4 nitrogen and oxygen atoms in total. The van der Waals surface area contributed by atoms with Gasteiger partial charge < -0.3 is 5.73 Å². The van der Waals surface area contributed by atoms with Gasteiger partial charge in [0.05, 0.1) is 0 Å². The Morgan fingerprint density at radius 3 is 2.52 bits per heavy atom. The topological polar surface area (TPSA) is 63.8 Å². The van der Waals surface area contributed by atoms with Gasteiger partial charge in [-0.1, -0.05) is 0 Å². The zero-order valence-electron chi connectivity index (χ0n) is 12.9. The lowest BCUT2D eigenvalue weighted by Gasteiger charge is -2.44. The van der Waals surface area contributed by atoms with Gasteiger partial charge in [-0.05, 0) is 32.1 Å². The fourth-order valence-corrected chi connectivity index (χ4v) is 4.18. The number of nitrogens with two attached hydrogens (primary N) is 1. The monoisotopic (exact) mass is 336 g/mol. The Bertz CT molecular complexity index is 724. The smallest absolute Gasteiger partial charge is 0.134 e. The summed E-state index contributed by atoms with van der Waals surface area (Å²) in [7, 11) is 0. The number of hydrogen-bond donors (Lipinski definition) is 2. The van der Waals surface area contributed by atoms with Crippen LogP contribution in [0.4, 0.5) is 8.78 Å². The van der Waals surface area contributed by atoms with Crippen molar-refractivity contribution in [2.45, 2.75) is 30.8 Å². The molecular weight excluding hydrogens is 318 g/mol. The van der Waals surface area contributed by atoms with Gasteiger partial charge in [0.15, 0.2) is 0 Å². The van der Waals surface area contributed by atoms with Gasteiger partial charge in [-0.2, -0.15) is 0 Å². The van der Waals surface area contributed by atoms with Crippen LogP contribution >= 0.6 is 11.8 Å². The Kier molecular flexibility index (Phi) is 4.12. The average Bonchev–Trinajstić information content (AvgIpc) is 2.46. The first-order valence-corrected chi connectivity index (χ1v) is 8.26. The highest BCUT2D eigenvalue weighted by atomic mass is 32.2. The van der Waals surface area contributed by atoms with E-state index < -0.39 is 22.2 Å². The van der Waals surface area contributed by atoms with Gasteiger partial charge in [0.2, 0.25) is 0 Å². The summed E-state index contributed by atoms with van der Waals surface area (Å²) in [5.41, 5.74) is 6.67. The summed E-state index contributed by atoms with van der Waals surface area (Å²) in [5, 5.41) is 3.27. The number of halogens is 2. The van der Waals surface area contributed by atoms with Crippen LogP contribution in [0.15, 0.2) is 30.9 Å². The maximum absolute atomic E-state index is 14.5. The van der Waals surface area contributed by atoms with E-state index in [1.54, 1.807) is 11.8 Å². The van der Waals surface area contributed by atoms with Gasteiger partial charge in [-0.15, -0.1) is 11.8 Å². The molecule has 2 heterocycles. The number of nitrogens with one attached hydrogen (secondary N) is 1. The van der Waals surface area contributed by atoms with Crippen molar-refractivity contribution in [2.24, 2.45) is 5.73 Å². The highest BCUT2D eigenvalue weighted by Gasteiger charge is 2.39. The van der Waals surface area contributed by atoms with E-state index >= 15 is 0 Å². The zero-order valence-corrected chi connectivity index (χ0v) is 13.8. The summed E-state index contributed by atoms with van der Waals surface area (Å²) in [6.07, 6.45) is 5.07. The molecule has 3 N–H and O–H groups in total. The van der Waals surface area contributed by atoms with Crippen LogP contribution in [0.5, 0.6) is 0 Å². The number of benzene rings is 1. The third kappa shape index (κ3) is 3.22. The molecule has 1 aliphatic heterocycles. The van der Waals surface area contributed by atoms with E-state index in [0.29, 0.717) is 17.5 Å². The highest BCUT2D eigenvalue weighted by Crippen LogP contribution is 2.39. The summed E-state index contributed by atoms with van der Waals surface area (Å²) in [4.78, 5) is 7.13. The average molecular weight is 336 g/mol. The largest absolute Gasteiger partial charge is 0.305 e. The molecule has 1 aromatic heterocycles. The summed E-state index contributed by atoms with van der Waals surface area (Å²) >= 11 is 1.58. The van der Waals surface area contributed by atoms with Crippen molar-refractivity contribution < 1.29 is 8.78 Å². The van der Waals surface area contributed by atoms with Crippen LogP contribution in [-0.2, 0) is 5.54 Å². The summed E-state index contributed by atoms with van der Waals surface area (Å²) < 4.78 is 28.7. The second-order valence-electron chi connectivity index (χ2n) is 6.10. The van der Waals surface area contributed by atoms with E-state index in [9.17, 15) is 8.78 Å². The maximum atomic E-state index is 14.5. The molecule has 2 unspecified atom stereocenters. The van der Waals surface area contributed by atoms with Crippen LogP contribution in [0.25, 0.3) is 11.1 Å². The lowest BCUT2D eigenvalue weighted by molar-refractivity contribution is 0.277. The van der Waals surface area contributed by atoms with Crippen molar-refractivity contribution >= 4 is 11.8 Å². The van der Waals surface area contributed by atoms with E-state index in [1.807, 2.05) is 13.8 Å². The molecule has 122 valence electrons. The SMILES string of the molecule is CC1(N)NC(C)(c2cc(-c3cncnc3)c(F)cc2F)CCS1. The third-order valence-electron chi connectivity index (χ3n) is 4.05. The summed E-state index contributed by atoms with van der Waals surface area (Å²) in [6, 6.07) is 2.45. The lowest BCUT2D eigenvalue weighted by Crippen LogP contribution is -2.60. The van der Waals surface area contributed by atoms with E-state index in [4.69, 9.17) is 5.73 Å². The van der Waals surface area contributed by atoms with Gasteiger partial charge in [0, 0.05) is 40.7 Å². The van der Waals surface area contributed by atoms with E-state index in [2.05, 4.69) is 15.3 Å². The van der Waals surface area contributed by atoms with Crippen LogP contribution in [0.2, 0.25) is 0 Å². The van der Waals surface area contributed by atoms with Gasteiger partial charge in [-0.25, -0.2) is 18.7 Å². The molecular formula is C16H18F2N4S. The predicted molar refractivity (Wildman–Crippen MR) is 87.5 cm³/mol. The van der Waals surface area contributed by atoms with Gasteiger partial charge >= 0.3 is 0 Å². The second-order valence-corrected chi connectivity index (χ2v) is 7.65. The van der Waals surface area contributed by atoms with E-state index in [1.165, 1.54) is 24.8 Å². The van der Waals surface area contributed by atoms with Crippen molar-refractivity contribution in [3.05, 3.63) is 48.1 Å². The van der Waals surface area contributed by atoms with Crippen molar-refractivity contribution in [3.63, 3.8) is 0 Å². The maximum Gasteiger partial charge on any atom is 0.134 e. The summed E-state index contributed by atoms with van der Waals surface area (Å²) in [6.45, 7) is 3.74. The molecule has 2 atom stereocenters. The fourth-order valence-electron chi connectivity index (χ4n) is 2.95. The molecule has 0 aliphatic carbocycles. The first-order chi connectivity index (χ1) is 10.8. The molecule has 2 aromatic rings. The van der Waals surface area contributed by atoms with Crippen molar-refractivity contribution in [1.82, 2.24) is 15.3 Å². The quantitative estimate of drug-likeness (QED) is 0.883. The number of rotatable bonds is 2. The van der Waals surface area contributed by atoms with Crippen LogP contribution in [0.1, 0.15) is 25.8 Å². The molecule has 1 saturated heterocycles. The minimum absolute atomic E-state index is 0.280. The van der Waals surface area contributed by atoms with Gasteiger partial charge in [0.1, 0.15) is 23.0 Å². The molecule has 0 bridgehead atoms. The second kappa shape index (κ2) is 5.81. The fraction of sp³-hybridized carbons (Fsp3) is 0.375. The zero-order chi connectivity index (χ0) is 16.7.